The van der Waals surface area contributed by atoms with E-state index in [9.17, 15) is 9.18 Å². The Morgan fingerprint density at radius 1 is 1.24 bits per heavy atom. The van der Waals surface area contributed by atoms with Gasteiger partial charge in [-0.3, -0.25) is 9.89 Å². The SMILES string of the molecule is O=C(O)CSc1n[nH]c(-c2ccc(F)c3ccccc23)n1. The van der Waals surface area contributed by atoms with Crippen LogP contribution >= 0.6 is 11.8 Å². The summed E-state index contributed by atoms with van der Waals surface area (Å²) in [5, 5.41) is 16.9. The molecular formula is C14H10FN3O2S. The van der Waals surface area contributed by atoms with Crippen LogP contribution in [0.1, 0.15) is 0 Å². The minimum absolute atomic E-state index is 0.110. The highest BCUT2D eigenvalue weighted by Gasteiger charge is 2.12. The fraction of sp³-hybridized carbons (Fsp3) is 0.0714. The number of benzene rings is 2. The van der Waals surface area contributed by atoms with E-state index in [1.54, 1.807) is 24.3 Å². The molecule has 0 aliphatic heterocycles. The third-order valence-electron chi connectivity index (χ3n) is 2.92. The molecule has 1 heterocycles. The average molecular weight is 303 g/mol. The van der Waals surface area contributed by atoms with Crippen molar-refractivity contribution in [2.24, 2.45) is 0 Å². The zero-order valence-corrected chi connectivity index (χ0v) is 11.5. The Morgan fingerprint density at radius 2 is 2.00 bits per heavy atom. The number of carboxylic acid groups (broad SMARTS) is 1. The largest absolute Gasteiger partial charge is 0.481 e. The Bertz CT molecular complexity index is 819. The molecule has 106 valence electrons. The van der Waals surface area contributed by atoms with Crippen LogP contribution in [0.4, 0.5) is 4.39 Å². The smallest absolute Gasteiger partial charge is 0.313 e. The van der Waals surface area contributed by atoms with Crippen molar-refractivity contribution in [1.82, 2.24) is 15.2 Å². The molecule has 0 fully saturated rings. The summed E-state index contributed by atoms with van der Waals surface area (Å²) in [5.41, 5.74) is 0.724. The van der Waals surface area contributed by atoms with Gasteiger partial charge in [0.2, 0.25) is 5.16 Å². The highest BCUT2D eigenvalue weighted by atomic mass is 32.2. The lowest BCUT2D eigenvalue weighted by Gasteiger charge is -2.04. The predicted molar refractivity (Wildman–Crippen MR) is 77.6 cm³/mol. The summed E-state index contributed by atoms with van der Waals surface area (Å²) >= 11 is 1.03. The van der Waals surface area contributed by atoms with Gasteiger partial charge in [-0.15, -0.1) is 5.10 Å². The first-order chi connectivity index (χ1) is 10.1. The Kier molecular flexibility index (Phi) is 3.57. The number of carbonyl (C=O) groups is 1. The van der Waals surface area contributed by atoms with E-state index in [2.05, 4.69) is 15.2 Å². The number of aliphatic carboxylic acids is 1. The molecule has 0 aliphatic rings. The molecule has 21 heavy (non-hydrogen) atoms. The van der Waals surface area contributed by atoms with Crippen molar-refractivity contribution in [2.45, 2.75) is 5.16 Å². The molecule has 0 unspecified atom stereocenters. The molecule has 1 aromatic heterocycles. The number of rotatable bonds is 4. The lowest BCUT2D eigenvalue weighted by atomic mass is 10.0. The van der Waals surface area contributed by atoms with Gasteiger partial charge >= 0.3 is 5.97 Å². The summed E-state index contributed by atoms with van der Waals surface area (Å²) < 4.78 is 13.8. The monoisotopic (exact) mass is 303 g/mol. The van der Waals surface area contributed by atoms with Gasteiger partial charge in [0.1, 0.15) is 5.82 Å². The van der Waals surface area contributed by atoms with Crippen LogP contribution in [0.2, 0.25) is 0 Å². The molecule has 0 aliphatic carbocycles. The fourth-order valence-electron chi connectivity index (χ4n) is 2.03. The molecule has 0 radical (unpaired) electrons. The number of aromatic amines is 1. The number of aromatic nitrogens is 3. The van der Waals surface area contributed by atoms with Crippen LogP contribution in [0.3, 0.4) is 0 Å². The van der Waals surface area contributed by atoms with E-state index >= 15 is 0 Å². The number of thioether (sulfide) groups is 1. The standard InChI is InChI=1S/C14H10FN3O2S/c15-11-6-5-10(8-3-1-2-4-9(8)11)13-16-14(18-17-13)21-7-12(19)20/h1-6H,7H2,(H,19,20)(H,16,17,18). The minimum Gasteiger partial charge on any atom is -0.481 e. The number of nitrogens with one attached hydrogen (secondary N) is 1. The van der Waals surface area contributed by atoms with Crippen molar-refractivity contribution in [3.8, 4) is 11.4 Å². The van der Waals surface area contributed by atoms with E-state index < -0.39 is 5.97 Å². The van der Waals surface area contributed by atoms with Gasteiger partial charge in [0, 0.05) is 10.9 Å². The molecule has 2 N–H and O–H groups in total. The number of fused-ring (bicyclic) bond motifs is 1. The van der Waals surface area contributed by atoms with Gasteiger partial charge in [-0.05, 0) is 17.5 Å². The number of hydrogen-bond donors (Lipinski definition) is 2. The molecule has 0 saturated heterocycles. The second-order valence-electron chi connectivity index (χ2n) is 4.29. The van der Waals surface area contributed by atoms with E-state index in [1.807, 2.05) is 6.07 Å². The average Bonchev–Trinajstić information content (AvgIpc) is 2.94. The molecule has 0 saturated carbocycles. The number of hydrogen-bond acceptors (Lipinski definition) is 4. The second-order valence-corrected chi connectivity index (χ2v) is 5.23. The first kappa shape index (κ1) is 13.6. The van der Waals surface area contributed by atoms with Crippen molar-refractivity contribution in [2.75, 3.05) is 5.75 Å². The summed E-state index contributed by atoms with van der Waals surface area (Å²) in [6, 6.07) is 10.1. The van der Waals surface area contributed by atoms with Crippen molar-refractivity contribution in [3.63, 3.8) is 0 Å². The fourth-order valence-corrected chi connectivity index (χ4v) is 2.55. The van der Waals surface area contributed by atoms with E-state index in [4.69, 9.17) is 5.11 Å². The highest BCUT2D eigenvalue weighted by molar-refractivity contribution is 7.99. The minimum atomic E-state index is -0.932. The molecule has 0 spiro atoms. The number of halogens is 1. The van der Waals surface area contributed by atoms with Crippen molar-refractivity contribution >= 4 is 28.5 Å². The lowest BCUT2D eigenvalue weighted by Crippen LogP contribution is -1.97. The Morgan fingerprint density at radius 3 is 2.76 bits per heavy atom. The van der Waals surface area contributed by atoms with Crippen LogP contribution in [-0.2, 0) is 4.79 Å². The van der Waals surface area contributed by atoms with Crippen molar-refractivity contribution < 1.29 is 14.3 Å². The van der Waals surface area contributed by atoms with Gasteiger partial charge in [0.25, 0.3) is 0 Å². The third-order valence-corrected chi connectivity index (χ3v) is 3.75. The Labute approximate surface area is 123 Å². The van der Waals surface area contributed by atoms with Gasteiger partial charge in [0.05, 0.1) is 5.75 Å². The summed E-state index contributed by atoms with van der Waals surface area (Å²) in [5.74, 6) is -0.853. The highest BCUT2D eigenvalue weighted by Crippen LogP contribution is 2.29. The number of nitrogens with zero attached hydrogens (tertiary/aromatic N) is 2. The molecule has 0 atom stereocenters. The maximum absolute atomic E-state index is 13.8. The van der Waals surface area contributed by atoms with Gasteiger partial charge < -0.3 is 5.11 Å². The first-order valence-corrected chi connectivity index (χ1v) is 7.08. The summed E-state index contributed by atoms with van der Waals surface area (Å²) in [6.07, 6.45) is 0. The van der Waals surface area contributed by atoms with Gasteiger partial charge in [-0.2, -0.15) is 0 Å². The van der Waals surface area contributed by atoms with Crippen LogP contribution in [-0.4, -0.2) is 32.0 Å². The molecule has 0 amide bonds. The van der Waals surface area contributed by atoms with Crippen molar-refractivity contribution in [3.05, 3.63) is 42.2 Å². The summed E-state index contributed by atoms with van der Waals surface area (Å²) in [6.45, 7) is 0. The zero-order valence-electron chi connectivity index (χ0n) is 10.7. The molecule has 3 aromatic rings. The maximum Gasteiger partial charge on any atom is 0.313 e. The van der Waals surface area contributed by atoms with Crippen molar-refractivity contribution in [1.29, 1.82) is 0 Å². The molecular weight excluding hydrogens is 293 g/mol. The lowest BCUT2D eigenvalue weighted by molar-refractivity contribution is -0.133. The third kappa shape index (κ3) is 2.73. The Hall–Kier alpha value is -2.41. The van der Waals surface area contributed by atoms with Gasteiger partial charge in [-0.1, -0.05) is 36.0 Å². The number of H-pyrrole nitrogens is 1. The summed E-state index contributed by atoms with van der Waals surface area (Å²) in [4.78, 5) is 14.8. The molecule has 3 rings (SSSR count). The topological polar surface area (TPSA) is 78.9 Å². The van der Waals surface area contributed by atoms with Crippen LogP contribution in [0.5, 0.6) is 0 Å². The van der Waals surface area contributed by atoms with E-state index in [1.165, 1.54) is 6.07 Å². The second kappa shape index (κ2) is 5.53. The molecule has 7 heteroatoms. The first-order valence-electron chi connectivity index (χ1n) is 6.10. The van der Waals surface area contributed by atoms with Gasteiger partial charge in [-0.25, -0.2) is 9.37 Å². The normalized spacial score (nSPS) is 10.9. The van der Waals surface area contributed by atoms with Crippen LogP contribution in [0.25, 0.3) is 22.2 Å². The van der Waals surface area contributed by atoms with Gasteiger partial charge in [0.15, 0.2) is 5.82 Å². The maximum atomic E-state index is 13.8. The van der Waals surface area contributed by atoms with Crippen LogP contribution in [0, 0.1) is 5.82 Å². The zero-order chi connectivity index (χ0) is 14.8. The Balaban J connectivity index is 2.01. The van der Waals surface area contributed by atoms with Crippen LogP contribution in [0.15, 0.2) is 41.6 Å². The number of carboxylic acids is 1. The molecule has 0 bridgehead atoms. The predicted octanol–water partition coefficient (Wildman–Crippen LogP) is 2.94. The van der Waals surface area contributed by atoms with E-state index in [0.29, 0.717) is 16.4 Å². The van der Waals surface area contributed by atoms with E-state index in [-0.39, 0.29) is 11.6 Å². The molecule has 5 nitrogen and oxygen atoms in total. The van der Waals surface area contributed by atoms with E-state index in [0.717, 1.165) is 22.7 Å². The quantitative estimate of drug-likeness (QED) is 0.724. The summed E-state index contributed by atoms with van der Waals surface area (Å²) in [7, 11) is 0. The molecule has 2 aromatic carbocycles. The van der Waals surface area contributed by atoms with Crippen LogP contribution < -0.4 is 0 Å².